The zero-order chi connectivity index (χ0) is 11.4. The molecular weight excluding hydrogens is 328 g/mol. The first-order chi connectivity index (χ1) is 7.11. The van der Waals surface area contributed by atoms with Gasteiger partial charge in [0.05, 0.1) is 7.11 Å². The number of aromatic hydroxyl groups is 1. The van der Waals surface area contributed by atoms with Crippen molar-refractivity contribution < 1.29 is 14.6 Å². The van der Waals surface area contributed by atoms with Crippen LogP contribution in [-0.2, 0) is 4.79 Å². The number of hydrogen-bond acceptors (Lipinski definition) is 3. The number of ether oxygens (including phenoxy) is 1. The fraction of sp³-hybridized carbons (Fsp3) is 0.100. The second-order valence-corrected chi connectivity index (χ2v) is 4.28. The molecule has 0 radical (unpaired) electrons. The van der Waals surface area contributed by atoms with Crippen LogP contribution in [0.5, 0.6) is 11.5 Å². The van der Waals surface area contributed by atoms with Crippen molar-refractivity contribution in [3.63, 3.8) is 0 Å². The maximum atomic E-state index is 10.2. The Morgan fingerprint density at radius 2 is 2.13 bits per heavy atom. The summed E-state index contributed by atoms with van der Waals surface area (Å²) in [6, 6.07) is 1.64. The highest BCUT2D eigenvalue weighted by atomic mass is 79.9. The zero-order valence-electron chi connectivity index (χ0n) is 7.83. The number of phenolic OH excluding ortho intramolecular Hbond substituents is 1. The molecule has 0 amide bonds. The number of aldehydes is 1. The van der Waals surface area contributed by atoms with Gasteiger partial charge in [-0.2, -0.15) is 0 Å². The van der Waals surface area contributed by atoms with Crippen molar-refractivity contribution in [2.45, 2.75) is 0 Å². The predicted octanol–water partition coefficient (Wildman–Crippen LogP) is 3.14. The monoisotopic (exact) mass is 334 g/mol. The lowest BCUT2D eigenvalue weighted by Crippen LogP contribution is -1.88. The van der Waals surface area contributed by atoms with Crippen molar-refractivity contribution >= 4 is 44.2 Å². The Bertz CT molecular complexity index is 414. The summed E-state index contributed by atoms with van der Waals surface area (Å²) in [5, 5.41) is 9.78. The minimum absolute atomic E-state index is 0.00863. The van der Waals surface area contributed by atoms with E-state index in [2.05, 4.69) is 31.9 Å². The van der Waals surface area contributed by atoms with Crippen LogP contribution in [0.25, 0.3) is 6.08 Å². The van der Waals surface area contributed by atoms with E-state index in [0.29, 0.717) is 22.1 Å². The van der Waals surface area contributed by atoms with E-state index in [1.807, 2.05) is 0 Å². The van der Waals surface area contributed by atoms with Gasteiger partial charge < -0.3 is 9.84 Å². The van der Waals surface area contributed by atoms with Crippen LogP contribution in [0.1, 0.15) is 5.56 Å². The van der Waals surface area contributed by atoms with Crippen molar-refractivity contribution in [3.05, 3.63) is 26.7 Å². The number of carbonyl (C=O) groups is 1. The van der Waals surface area contributed by atoms with Crippen LogP contribution in [-0.4, -0.2) is 18.5 Å². The van der Waals surface area contributed by atoms with Gasteiger partial charge in [-0.05, 0) is 50.1 Å². The third-order valence-corrected chi connectivity index (χ3v) is 3.77. The smallest absolute Gasteiger partial charge is 0.166 e. The number of allylic oxidation sites excluding steroid dienone is 1. The van der Waals surface area contributed by atoms with Gasteiger partial charge in [0.15, 0.2) is 11.5 Å². The van der Waals surface area contributed by atoms with Crippen LogP contribution in [0, 0.1) is 0 Å². The second kappa shape index (κ2) is 5.32. The lowest BCUT2D eigenvalue weighted by Gasteiger charge is -2.09. The zero-order valence-corrected chi connectivity index (χ0v) is 11.0. The molecule has 3 nitrogen and oxygen atoms in total. The molecule has 15 heavy (non-hydrogen) atoms. The molecule has 0 aliphatic carbocycles. The Morgan fingerprint density at radius 3 is 2.67 bits per heavy atom. The van der Waals surface area contributed by atoms with E-state index in [-0.39, 0.29) is 5.75 Å². The molecule has 1 rings (SSSR count). The van der Waals surface area contributed by atoms with Crippen molar-refractivity contribution in [1.82, 2.24) is 0 Å². The second-order valence-electron chi connectivity index (χ2n) is 2.63. The van der Waals surface area contributed by atoms with Crippen LogP contribution in [0.15, 0.2) is 21.1 Å². The number of phenols is 1. The number of carbonyl (C=O) groups excluding carboxylic acids is 1. The predicted molar refractivity (Wildman–Crippen MR) is 65.2 cm³/mol. The van der Waals surface area contributed by atoms with Gasteiger partial charge in [0, 0.05) is 14.5 Å². The standard InChI is InChI=1S/C10H8Br2O3/c1-15-8-5-7(11)9(12)6(10(8)14)3-2-4-13/h2-5,14H,1H3/b3-2+. The summed E-state index contributed by atoms with van der Waals surface area (Å²) < 4.78 is 6.38. The number of rotatable bonds is 3. The fourth-order valence-corrected chi connectivity index (χ4v) is 1.91. The molecule has 0 unspecified atom stereocenters. The Labute approximate surface area is 104 Å². The number of halogens is 2. The minimum Gasteiger partial charge on any atom is -0.504 e. The van der Waals surface area contributed by atoms with Crippen LogP contribution in [0.2, 0.25) is 0 Å². The van der Waals surface area contributed by atoms with E-state index in [1.54, 1.807) is 6.07 Å². The number of benzene rings is 1. The first kappa shape index (κ1) is 12.3. The summed E-state index contributed by atoms with van der Waals surface area (Å²) >= 11 is 6.60. The average molecular weight is 336 g/mol. The average Bonchev–Trinajstić information content (AvgIpc) is 2.23. The molecule has 0 saturated heterocycles. The van der Waals surface area contributed by atoms with E-state index in [1.165, 1.54) is 19.3 Å². The maximum Gasteiger partial charge on any atom is 0.166 e. The highest BCUT2D eigenvalue weighted by Gasteiger charge is 2.13. The van der Waals surface area contributed by atoms with Gasteiger partial charge in [0.2, 0.25) is 0 Å². The van der Waals surface area contributed by atoms with Crippen LogP contribution in [0.4, 0.5) is 0 Å². The third kappa shape index (κ3) is 2.60. The highest BCUT2D eigenvalue weighted by Crippen LogP contribution is 2.40. The summed E-state index contributed by atoms with van der Waals surface area (Å²) in [6.45, 7) is 0. The third-order valence-electron chi connectivity index (χ3n) is 1.75. The van der Waals surface area contributed by atoms with Gasteiger partial charge in [-0.1, -0.05) is 0 Å². The lowest BCUT2D eigenvalue weighted by atomic mass is 10.1. The molecule has 0 aliphatic heterocycles. The van der Waals surface area contributed by atoms with Crippen LogP contribution < -0.4 is 4.74 Å². The van der Waals surface area contributed by atoms with Gasteiger partial charge >= 0.3 is 0 Å². The first-order valence-electron chi connectivity index (χ1n) is 3.98. The van der Waals surface area contributed by atoms with Gasteiger partial charge in [0.1, 0.15) is 6.29 Å². The van der Waals surface area contributed by atoms with Crippen molar-refractivity contribution in [1.29, 1.82) is 0 Å². The first-order valence-corrected chi connectivity index (χ1v) is 5.57. The number of methoxy groups -OCH3 is 1. The summed E-state index contributed by atoms with van der Waals surface area (Å²) in [5.74, 6) is 0.335. The largest absolute Gasteiger partial charge is 0.504 e. The SMILES string of the molecule is COc1cc(Br)c(Br)c(/C=C/C=O)c1O. The van der Waals surface area contributed by atoms with Gasteiger partial charge in [-0.15, -0.1) is 0 Å². The number of hydrogen-bond donors (Lipinski definition) is 1. The summed E-state index contributed by atoms with van der Waals surface area (Å²) in [7, 11) is 1.46. The van der Waals surface area contributed by atoms with Crippen LogP contribution >= 0.6 is 31.9 Å². The maximum absolute atomic E-state index is 10.2. The van der Waals surface area contributed by atoms with Crippen LogP contribution in [0.3, 0.4) is 0 Å². The Hall–Kier alpha value is -0.810. The minimum atomic E-state index is -0.00863. The van der Waals surface area contributed by atoms with E-state index in [0.717, 1.165) is 4.47 Å². The van der Waals surface area contributed by atoms with Crippen molar-refractivity contribution in [3.8, 4) is 11.5 Å². The summed E-state index contributed by atoms with van der Waals surface area (Å²) in [4.78, 5) is 10.2. The van der Waals surface area contributed by atoms with Gasteiger partial charge in [-0.25, -0.2) is 0 Å². The molecule has 0 fully saturated rings. The van der Waals surface area contributed by atoms with Crippen molar-refractivity contribution in [2.24, 2.45) is 0 Å². The van der Waals surface area contributed by atoms with E-state index >= 15 is 0 Å². The lowest BCUT2D eigenvalue weighted by molar-refractivity contribution is -0.104. The van der Waals surface area contributed by atoms with Gasteiger partial charge in [-0.3, -0.25) is 4.79 Å². The normalized spacial score (nSPS) is 10.6. The molecule has 1 N–H and O–H groups in total. The Balaban J connectivity index is 3.39. The van der Waals surface area contributed by atoms with Gasteiger partial charge in [0.25, 0.3) is 0 Å². The molecule has 1 aromatic carbocycles. The molecule has 0 aromatic heterocycles. The topological polar surface area (TPSA) is 46.5 Å². The highest BCUT2D eigenvalue weighted by molar-refractivity contribution is 9.13. The molecule has 1 aromatic rings. The molecule has 0 aliphatic rings. The quantitative estimate of drug-likeness (QED) is 0.682. The van der Waals surface area contributed by atoms with E-state index in [9.17, 15) is 9.90 Å². The summed E-state index contributed by atoms with van der Waals surface area (Å²) in [6.07, 6.45) is 3.44. The fourth-order valence-electron chi connectivity index (χ4n) is 1.06. The van der Waals surface area contributed by atoms with E-state index < -0.39 is 0 Å². The summed E-state index contributed by atoms with van der Waals surface area (Å²) in [5.41, 5.74) is 0.494. The molecule has 0 atom stereocenters. The van der Waals surface area contributed by atoms with Crippen molar-refractivity contribution in [2.75, 3.05) is 7.11 Å². The molecule has 0 heterocycles. The molecule has 0 bridgehead atoms. The molecular formula is C10H8Br2O3. The molecule has 80 valence electrons. The van der Waals surface area contributed by atoms with E-state index in [4.69, 9.17) is 4.74 Å². The molecule has 0 saturated carbocycles. The Morgan fingerprint density at radius 1 is 1.47 bits per heavy atom. The Kier molecular flexibility index (Phi) is 4.35. The molecule has 0 spiro atoms. The molecule has 5 heteroatoms.